The van der Waals surface area contributed by atoms with E-state index in [9.17, 15) is 9.59 Å². The van der Waals surface area contributed by atoms with Gasteiger partial charge in [-0.25, -0.2) is 4.98 Å². The van der Waals surface area contributed by atoms with Gasteiger partial charge in [-0.15, -0.1) is 0 Å². The first-order valence-electron chi connectivity index (χ1n) is 7.34. The highest BCUT2D eigenvalue weighted by atomic mass is 35.5. The molecule has 7 heteroatoms. The molecule has 3 rings (SSSR count). The van der Waals surface area contributed by atoms with E-state index in [4.69, 9.17) is 16.3 Å². The summed E-state index contributed by atoms with van der Waals surface area (Å²) in [6, 6.07) is 12.4. The molecule has 1 aromatic heterocycles. The molecule has 0 spiro atoms. The molecule has 2 aromatic rings. The van der Waals surface area contributed by atoms with Gasteiger partial charge in [0, 0.05) is 0 Å². The molecule has 0 fully saturated rings. The molecule has 0 N–H and O–H groups in total. The minimum absolute atomic E-state index is 0.150. The van der Waals surface area contributed by atoms with Crippen molar-refractivity contribution in [3.8, 4) is 5.75 Å². The van der Waals surface area contributed by atoms with Crippen molar-refractivity contribution in [1.29, 1.82) is 0 Å². The van der Waals surface area contributed by atoms with Crippen LogP contribution in [-0.2, 0) is 20.9 Å². The maximum absolute atomic E-state index is 12.8. The zero-order valence-corrected chi connectivity index (χ0v) is 13.7. The molecule has 0 saturated carbocycles. The number of anilines is 1. The quantitative estimate of drug-likeness (QED) is 0.628. The summed E-state index contributed by atoms with van der Waals surface area (Å²) < 4.78 is 10.3. The molecule has 0 bridgehead atoms. The number of carbonyl (C=O) groups is 2. The van der Waals surface area contributed by atoms with Crippen LogP contribution in [0.2, 0.25) is 5.15 Å². The molecule has 1 aromatic carbocycles. The number of methoxy groups -OCH3 is 1. The highest BCUT2D eigenvalue weighted by Crippen LogP contribution is 2.35. The Hall–Kier alpha value is -2.60. The van der Waals surface area contributed by atoms with E-state index in [1.54, 1.807) is 41.3 Å². The average Bonchev–Trinajstić information content (AvgIpc) is 2.58. The lowest BCUT2D eigenvalue weighted by Crippen LogP contribution is -2.46. The summed E-state index contributed by atoms with van der Waals surface area (Å²) in [6.07, 6.45) is -1.07. The van der Waals surface area contributed by atoms with Gasteiger partial charge in [-0.05, 0) is 24.3 Å². The average molecular weight is 347 g/mol. The maximum Gasteiger partial charge on any atom is 0.309 e. The van der Waals surface area contributed by atoms with Crippen LogP contribution in [0.3, 0.4) is 0 Å². The van der Waals surface area contributed by atoms with Crippen molar-refractivity contribution in [2.75, 3.05) is 12.0 Å². The number of carbonyl (C=O) groups excluding carboxylic acids is 2. The molecule has 124 valence electrons. The molecule has 1 amide bonds. The second-order valence-electron chi connectivity index (χ2n) is 5.23. The van der Waals surface area contributed by atoms with Gasteiger partial charge >= 0.3 is 5.97 Å². The number of nitrogens with zero attached hydrogens (tertiary/aromatic N) is 2. The van der Waals surface area contributed by atoms with Gasteiger partial charge in [-0.2, -0.15) is 0 Å². The second kappa shape index (κ2) is 6.88. The van der Waals surface area contributed by atoms with Gasteiger partial charge in [0.15, 0.2) is 6.10 Å². The van der Waals surface area contributed by atoms with Crippen LogP contribution in [-0.4, -0.2) is 30.1 Å². The van der Waals surface area contributed by atoms with Crippen molar-refractivity contribution < 1.29 is 19.1 Å². The fourth-order valence-corrected chi connectivity index (χ4v) is 2.68. The number of benzene rings is 1. The number of esters is 1. The summed E-state index contributed by atoms with van der Waals surface area (Å²) in [5.74, 6) is -0.289. The van der Waals surface area contributed by atoms with Crippen molar-refractivity contribution in [2.24, 2.45) is 0 Å². The molecule has 0 aliphatic carbocycles. The van der Waals surface area contributed by atoms with E-state index in [0.717, 1.165) is 0 Å². The molecule has 0 unspecified atom stereocenters. The van der Waals surface area contributed by atoms with Crippen molar-refractivity contribution in [3.63, 3.8) is 0 Å². The van der Waals surface area contributed by atoms with Crippen LogP contribution >= 0.6 is 11.6 Å². The Morgan fingerprint density at radius 3 is 2.83 bits per heavy atom. The van der Waals surface area contributed by atoms with Gasteiger partial charge in [0.2, 0.25) is 0 Å². The van der Waals surface area contributed by atoms with Crippen LogP contribution in [0.25, 0.3) is 0 Å². The number of amides is 1. The SMILES string of the molecule is COC(=O)C[C@@H]1Oc2ccccc2N(Cc2cccc(Cl)n2)C1=O. The van der Waals surface area contributed by atoms with Crippen LogP contribution in [0, 0.1) is 0 Å². The zero-order chi connectivity index (χ0) is 17.1. The lowest BCUT2D eigenvalue weighted by atomic mass is 10.1. The molecule has 1 aliphatic heterocycles. The second-order valence-corrected chi connectivity index (χ2v) is 5.62. The third-order valence-corrected chi connectivity index (χ3v) is 3.85. The lowest BCUT2D eigenvalue weighted by Gasteiger charge is -2.33. The molecule has 0 saturated heterocycles. The van der Waals surface area contributed by atoms with Crippen molar-refractivity contribution in [3.05, 3.63) is 53.3 Å². The van der Waals surface area contributed by atoms with Crippen LogP contribution in [0.15, 0.2) is 42.5 Å². The summed E-state index contributed by atoms with van der Waals surface area (Å²) in [5, 5.41) is 0.354. The predicted molar refractivity (Wildman–Crippen MR) is 87.9 cm³/mol. The van der Waals surface area contributed by atoms with Gasteiger partial charge < -0.3 is 9.47 Å². The molecule has 0 radical (unpaired) electrons. The molecule has 1 atom stereocenters. The molecule has 2 heterocycles. The summed E-state index contributed by atoms with van der Waals surface area (Å²) in [6.45, 7) is 0.234. The van der Waals surface area contributed by atoms with Gasteiger partial charge in [0.25, 0.3) is 5.91 Å². The smallest absolute Gasteiger partial charge is 0.309 e. The normalized spacial score (nSPS) is 16.3. The van der Waals surface area contributed by atoms with E-state index in [1.807, 2.05) is 6.07 Å². The fraction of sp³-hybridized carbons (Fsp3) is 0.235. The van der Waals surface area contributed by atoms with Crippen LogP contribution in [0.1, 0.15) is 12.1 Å². The number of ether oxygens (including phenoxy) is 2. The lowest BCUT2D eigenvalue weighted by molar-refractivity contribution is -0.145. The van der Waals surface area contributed by atoms with Crippen LogP contribution in [0.4, 0.5) is 5.69 Å². The summed E-state index contributed by atoms with van der Waals surface area (Å²) in [4.78, 5) is 30.1. The first-order valence-corrected chi connectivity index (χ1v) is 7.71. The predicted octanol–water partition coefficient (Wildman–Crippen LogP) is 2.59. The maximum atomic E-state index is 12.8. The van der Waals surface area contributed by atoms with Crippen LogP contribution < -0.4 is 9.64 Å². The number of halogens is 1. The fourth-order valence-electron chi connectivity index (χ4n) is 2.50. The van der Waals surface area contributed by atoms with E-state index in [1.165, 1.54) is 7.11 Å². The van der Waals surface area contributed by atoms with E-state index >= 15 is 0 Å². The number of hydrogen-bond donors (Lipinski definition) is 0. The Kier molecular flexibility index (Phi) is 4.66. The molecule has 24 heavy (non-hydrogen) atoms. The van der Waals surface area contributed by atoms with Gasteiger partial charge in [-0.1, -0.05) is 29.8 Å². The number of rotatable bonds is 4. The Balaban J connectivity index is 1.92. The zero-order valence-electron chi connectivity index (χ0n) is 12.9. The Morgan fingerprint density at radius 1 is 1.29 bits per heavy atom. The minimum Gasteiger partial charge on any atom is -0.478 e. The van der Waals surface area contributed by atoms with Crippen molar-refractivity contribution >= 4 is 29.2 Å². The molecular weight excluding hydrogens is 332 g/mol. The Bertz CT molecular complexity index is 781. The first-order chi connectivity index (χ1) is 11.6. The number of pyridine rings is 1. The minimum atomic E-state index is -0.925. The third kappa shape index (κ3) is 3.33. The van der Waals surface area contributed by atoms with Gasteiger partial charge in [0.05, 0.1) is 31.5 Å². The van der Waals surface area contributed by atoms with Gasteiger partial charge in [-0.3, -0.25) is 14.5 Å². The Labute approximate surface area is 144 Å². The van der Waals surface area contributed by atoms with Gasteiger partial charge in [0.1, 0.15) is 10.9 Å². The summed E-state index contributed by atoms with van der Waals surface area (Å²) in [7, 11) is 1.28. The highest BCUT2D eigenvalue weighted by molar-refractivity contribution is 6.29. The number of para-hydroxylation sites is 2. The number of aromatic nitrogens is 1. The van der Waals surface area contributed by atoms with Crippen molar-refractivity contribution in [1.82, 2.24) is 4.98 Å². The Morgan fingerprint density at radius 2 is 2.08 bits per heavy atom. The third-order valence-electron chi connectivity index (χ3n) is 3.64. The van der Waals surface area contributed by atoms with Crippen molar-refractivity contribution in [2.45, 2.75) is 19.1 Å². The first kappa shape index (κ1) is 16.3. The molecule has 1 aliphatic rings. The highest BCUT2D eigenvalue weighted by Gasteiger charge is 2.36. The van der Waals surface area contributed by atoms with E-state index in [0.29, 0.717) is 22.3 Å². The largest absolute Gasteiger partial charge is 0.478 e. The summed E-state index contributed by atoms with van der Waals surface area (Å²) >= 11 is 5.92. The van der Waals surface area contributed by atoms with E-state index < -0.39 is 12.1 Å². The molecule has 6 nitrogen and oxygen atoms in total. The molecular formula is C17H15ClN2O4. The van der Waals surface area contributed by atoms with E-state index in [2.05, 4.69) is 9.72 Å². The van der Waals surface area contributed by atoms with Crippen LogP contribution in [0.5, 0.6) is 5.75 Å². The monoisotopic (exact) mass is 346 g/mol. The number of hydrogen-bond acceptors (Lipinski definition) is 5. The standard InChI is InChI=1S/C17H15ClN2O4/c1-23-16(21)9-14-17(22)20(10-11-5-4-8-15(18)19-11)12-6-2-3-7-13(12)24-14/h2-8,14H,9-10H2,1H3/t14-/m0/s1. The topological polar surface area (TPSA) is 68.7 Å². The number of fused-ring (bicyclic) bond motifs is 1. The summed E-state index contributed by atoms with van der Waals surface area (Å²) in [5.41, 5.74) is 1.27. The van der Waals surface area contributed by atoms with E-state index in [-0.39, 0.29) is 18.9 Å².